The molecule has 0 atom stereocenters. The highest BCUT2D eigenvalue weighted by molar-refractivity contribution is 7.00. The van der Waals surface area contributed by atoms with Gasteiger partial charge in [-0.1, -0.05) is 319 Å². The number of aromatic nitrogens is 1. The van der Waals surface area contributed by atoms with Gasteiger partial charge in [0.2, 0.25) is 0 Å². The fourth-order valence-electron chi connectivity index (χ4n) is 17.8. The predicted molar refractivity (Wildman–Crippen MR) is 448 cm³/mol. The largest absolute Gasteiger partial charge is 0.311 e. The molecule has 4 heteroatoms. The van der Waals surface area contributed by atoms with Crippen LogP contribution in [0.15, 0.2) is 303 Å². The molecule has 3 nitrogen and oxygen atoms in total. The minimum Gasteiger partial charge on any atom is -0.311 e. The average Bonchev–Trinajstić information content (AvgIpc) is 1.49. The molecule has 4 aliphatic rings. The van der Waals surface area contributed by atoms with E-state index in [-0.39, 0.29) is 62.7 Å². The van der Waals surface area contributed by atoms with E-state index in [1.807, 2.05) is 24.3 Å². The second-order valence-corrected chi connectivity index (χ2v) is 33.4. The fourth-order valence-corrected chi connectivity index (χ4v) is 17.8. The Morgan fingerprint density at radius 1 is 0.305 bits per heavy atom. The highest BCUT2D eigenvalue weighted by Gasteiger charge is 2.53. The van der Waals surface area contributed by atoms with Gasteiger partial charge in [0.25, 0.3) is 6.71 Å². The topological polar surface area (TPSA) is 11.4 Å². The third-order valence-corrected chi connectivity index (χ3v) is 23.0. The number of fused-ring (bicyclic) bond motifs is 17. The van der Waals surface area contributed by atoms with Crippen LogP contribution in [-0.4, -0.2) is 11.3 Å². The standard InChI is InChI=1S/C101H86BN3/c1-97(2,3)67-47-53-87(79(57-67)65-34-20-15-21-35-65)104-91-62-71(103-88-54-48-68(98(4,5)6)58-80(88)81-59-69(99(7,8)9)49-55-89(81)103)50-51-85(91)102-86-56-66(72-39-28-42-78-77-38-24-27-45-84(77)101(94(72)78)82-43-25-22-36-75(82)76-37-23-26-44-83(76)101)46-52-90(86)105(93-61-70(100(10,11)12)60-92(104)95(93)102)96-73(63-30-16-13-17-31-63)40-29-41-74(96)64-32-18-14-19-33-64/h13-62H,1-12H3/i22D,23D,25D,26D,36D,37D,43D,44D. The van der Waals surface area contributed by atoms with Gasteiger partial charge in [-0.25, -0.2) is 0 Å². The molecule has 0 bridgehead atoms. The summed E-state index contributed by atoms with van der Waals surface area (Å²) in [6.07, 6.45) is 0. The van der Waals surface area contributed by atoms with Gasteiger partial charge in [-0.2, -0.15) is 0 Å². The molecule has 14 aromatic carbocycles. The van der Waals surface area contributed by atoms with Crippen LogP contribution in [-0.2, 0) is 27.1 Å². The summed E-state index contributed by atoms with van der Waals surface area (Å²) in [4.78, 5) is 5.16. The van der Waals surface area contributed by atoms with Crippen LogP contribution in [0.4, 0.5) is 34.1 Å². The lowest BCUT2D eigenvalue weighted by atomic mass is 9.33. The van der Waals surface area contributed by atoms with Crippen molar-refractivity contribution >= 4 is 79.0 Å². The summed E-state index contributed by atoms with van der Waals surface area (Å²) in [5.41, 5.74) is 26.5. The number of hydrogen-bond acceptors (Lipinski definition) is 2. The summed E-state index contributed by atoms with van der Waals surface area (Å²) < 4.78 is 80.1. The van der Waals surface area contributed by atoms with Gasteiger partial charge in [0, 0.05) is 55.9 Å². The summed E-state index contributed by atoms with van der Waals surface area (Å²) >= 11 is 0. The van der Waals surface area contributed by atoms with Crippen molar-refractivity contribution in [2.24, 2.45) is 0 Å². The summed E-state index contributed by atoms with van der Waals surface area (Å²) in [5, 5.41) is 2.40. The van der Waals surface area contributed by atoms with E-state index in [4.69, 9.17) is 0 Å². The first kappa shape index (κ1) is 56.1. The smallest absolute Gasteiger partial charge is 0.252 e. The average molecular weight is 1360 g/mol. The molecule has 0 saturated carbocycles. The molecule has 508 valence electrons. The molecule has 15 aromatic rings. The van der Waals surface area contributed by atoms with Crippen molar-refractivity contribution in [3.05, 3.63) is 348 Å². The van der Waals surface area contributed by atoms with Crippen LogP contribution in [0.1, 0.15) is 139 Å². The Bertz CT molecular complexity index is 6390. The van der Waals surface area contributed by atoms with Crippen molar-refractivity contribution < 1.29 is 11.0 Å². The fraction of sp³-hybridized carbons (Fsp3) is 0.168. The molecule has 105 heavy (non-hydrogen) atoms. The molecule has 0 saturated heterocycles. The van der Waals surface area contributed by atoms with Crippen molar-refractivity contribution in [1.29, 1.82) is 0 Å². The summed E-state index contributed by atoms with van der Waals surface area (Å²) in [6.45, 7) is 27.2. The number of para-hydroxylation sites is 1. The van der Waals surface area contributed by atoms with Gasteiger partial charge in [0.1, 0.15) is 0 Å². The van der Waals surface area contributed by atoms with Crippen LogP contribution >= 0.6 is 0 Å². The van der Waals surface area contributed by atoms with E-state index in [2.05, 4.69) is 328 Å². The second-order valence-electron chi connectivity index (χ2n) is 33.4. The quantitative estimate of drug-likeness (QED) is 0.147. The Morgan fingerprint density at radius 3 is 1.35 bits per heavy atom. The molecule has 1 aromatic heterocycles. The third-order valence-electron chi connectivity index (χ3n) is 23.0. The third kappa shape index (κ3) is 9.78. The van der Waals surface area contributed by atoms with Gasteiger partial charge in [0.05, 0.1) is 38.8 Å². The minimum atomic E-state index is -1.66. The molecule has 0 radical (unpaired) electrons. The first-order valence-electron chi connectivity index (χ1n) is 41.0. The van der Waals surface area contributed by atoms with Gasteiger partial charge in [0.15, 0.2) is 0 Å². The Labute approximate surface area is 631 Å². The zero-order valence-electron chi connectivity index (χ0n) is 69.7. The first-order chi connectivity index (χ1) is 54.0. The highest BCUT2D eigenvalue weighted by atomic mass is 15.2. The Morgan fingerprint density at radius 2 is 0.781 bits per heavy atom. The predicted octanol–water partition coefficient (Wildman–Crippen LogP) is 25.1. The molecular weight excluding hydrogens is 1270 g/mol. The SMILES string of the molecule is [2H]c1c([2H])c([2H])c2c(c1[2H])-c1c([2H])c([2H])c([2H])c([2H])c1C21c2ccccc2-c2cccc(-c3ccc4c(c3)B3c5ccc(-n6c7ccc(C(C)(C)C)cc7c7cc(C(C)(C)C)ccc76)cc5N(c5ccc(C(C)(C)C)cc5-c5ccccc5)c5cc(C(C)(C)C)cc(c53)N4c3c(-c4ccccc4)cccc3-c3ccccc3)c21. The molecule has 19 rings (SSSR count). The summed E-state index contributed by atoms with van der Waals surface area (Å²) in [7, 11) is 0. The number of nitrogens with zero attached hydrogens (tertiary/aromatic N) is 3. The number of benzene rings is 14. The van der Waals surface area contributed by atoms with Crippen LogP contribution in [0.3, 0.4) is 0 Å². The lowest BCUT2D eigenvalue weighted by Crippen LogP contribution is -2.61. The monoisotopic (exact) mass is 1360 g/mol. The normalized spacial score (nSPS) is 15.0. The van der Waals surface area contributed by atoms with E-state index in [9.17, 15) is 11.0 Å². The molecule has 2 aliphatic carbocycles. The van der Waals surface area contributed by atoms with E-state index in [1.54, 1.807) is 0 Å². The molecule has 0 unspecified atom stereocenters. The maximum absolute atomic E-state index is 10.2. The van der Waals surface area contributed by atoms with Crippen LogP contribution in [0.5, 0.6) is 0 Å². The Kier molecular flexibility index (Phi) is 12.4. The van der Waals surface area contributed by atoms with E-state index < -0.39 is 41.7 Å². The molecule has 0 amide bonds. The van der Waals surface area contributed by atoms with Gasteiger partial charge in [-0.05, 0) is 199 Å². The van der Waals surface area contributed by atoms with Crippen LogP contribution in [0, 0.1) is 0 Å². The number of anilines is 6. The molecule has 2 aliphatic heterocycles. The number of hydrogen-bond donors (Lipinski definition) is 0. The lowest BCUT2D eigenvalue weighted by molar-refractivity contribution is 0.590. The molecular formula is C101H86BN3. The van der Waals surface area contributed by atoms with Gasteiger partial charge in [-0.15, -0.1) is 0 Å². The maximum atomic E-state index is 10.2. The van der Waals surface area contributed by atoms with E-state index in [1.165, 1.54) is 27.5 Å². The molecule has 0 N–H and O–H groups in total. The Balaban J connectivity index is 0.975. The van der Waals surface area contributed by atoms with Crippen molar-refractivity contribution in [1.82, 2.24) is 4.57 Å². The minimum absolute atomic E-state index is 0.0815. The Hall–Kier alpha value is -11.5. The van der Waals surface area contributed by atoms with Gasteiger partial charge in [-0.3, -0.25) is 0 Å². The summed E-state index contributed by atoms with van der Waals surface area (Å²) in [6, 6.07) is 90.4. The zero-order chi connectivity index (χ0) is 78.8. The lowest BCUT2D eigenvalue weighted by Gasteiger charge is -2.46. The highest BCUT2D eigenvalue weighted by Crippen LogP contribution is 2.65. The second kappa shape index (κ2) is 23.3. The van der Waals surface area contributed by atoms with E-state index in [0.29, 0.717) is 11.1 Å². The first-order valence-corrected chi connectivity index (χ1v) is 37.0. The van der Waals surface area contributed by atoms with E-state index in [0.717, 1.165) is 128 Å². The zero-order valence-corrected chi connectivity index (χ0v) is 61.7. The van der Waals surface area contributed by atoms with Crippen LogP contribution in [0.25, 0.3) is 94.3 Å². The van der Waals surface area contributed by atoms with Crippen molar-refractivity contribution in [2.75, 3.05) is 9.80 Å². The van der Waals surface area contributed by atoms with Crippen LogP contribution < -0.4 is 26.2 Å². The van der Waals surface area contributed by atoms with Crippen molar-refractivity contribution in [3.63, 3.8) is 0 Å². The van der Waals surface area contributed by atoms with Crippen LogP contribution in [0.2, 0.25) is 0 Å². The van der Waals surface area contributed by atoms with Gasteiger partial charge >= 0.3 is 0 Å². The van der Waals surface area contributed by atoms with E-state index >= 15 is 0 Å². The molecule has 0 fully saturated rings. The number of rotatable bonds is 7. The summed E-state index contributed by atoms with van der Waals surface area (Å²) in [5.74, 6) is 0. The molecule has 1 spiro atoms. The van der Waals surface area contributed by atoms with Gasteiger partial charge < -0.3 is 14.4 Å². The maximum Gasteiger partial charge on any atom is 0.252 e. The van der Waals surface area contributed by atoms with Crippen molar-refractivity contribution in [3.8, 4) is 72.4 Å². The molecule has 3 heterocycles. The van der Waals surface area contributed by atoms with Crippen molar-refractivity contribution in [2.45, 2.75) is 110 Å².